The summed E-state index contributed by atoms with van der Waals surface area (Å²) >= 11 is 1.51. The molecule has 3 amide bonds. The van der Waals surface area contributed by atoms with E-state index >= 15 is 0 Å². The normalized spacial score (nSPS) is 14.6. The van der Waals surface area contributed by atoms with E-state index in [4.69, 9.17) is 20.9 Å². The molecule has 0 radical (unpaired) electrons. The molecule has 3 unspecified atom stereocenters. The molecule has 11 heteroatoms. The molecule has 0 aliphatic heterocycles. The molecule has 0 saturated carbocycles. The van der Waals surface area contributed by atoms with E-state index in [1.165, 1.54) is 18.9 Å². The number of primary amides is 1. The summed E-state index contributed by atoms with van der Waals surface area (Å²) in [6.07, 6.45) is -1.33. The van der Waals surface area contributed by atoms with Gasteiger partial charge in [0.25, 0.3) is 0 Å². The van der Waals surface area contributed by atoms with Crippen LogP contribution >= 0.6 is 11.8 Å². The molecule has 0 bridgehead atoms. The highest BCUT2D eigenvalue weighted by atomic mass is 32.2. The van der Waals surface area contributed by atoms with Gasteiger partial charge in [0.1, 0.15) is 6.04 Å². The van der Waals surface area contributed by atoms with Crippen LogP contribution in [0.3, 0.4) is 0 Å². The van der Waals surface area contributed by atoms with Gasteiger partial charge in [-0.25, -0.2) is 4.79 Å². The van der Waals surface area contributed by atoms with Crippen LogP contribution in [0.4, 0.5) is 0 Å². The molecule has 258 valence electrons. The minimum Gasteiger partial charge on any atom is -0.467 e. The van der Waals surface area contributed by atoms with Crippen molar-refractivity contribution in [3.63, 3.8) is 0 Å². The van der Waals surface area contributed by atoms with Crippen LogP contribution in [-0.2, 0) is 33.4 Å². The van der Waals surface area contributed by atoms with Gasteiger partial charge in [0, 0.05) is 4.75 Å². The molecule has 3 aromatic rings. The largest absolute Gasteiger partial charge is 0.467 e. The first-order chi connectivity index (χ1) is 22.5. The van der Waals surface area contributed by atoms with Crippen molar-refractivity contribution < 1.29 is 28.7 Å². The number of carbonyl (C=O) groups is 4. The van der Waals surface area contributed by atoms with Gasteiger partial charge in [-0.15, -0.1) is 11.8 Å². The summed E-state index contributed by atoms with van der Waals surface area (Å²) in [7, 11) is 1.19. The van der Waals surface area contributed by atoms with Crippen molar-refractivity contribution in [1.82, 2.24) is 10.6 Å². The van der Waals surface area contributed by atoms with Crippen LogP contribution in [0.1, 0.15) is 64.7 Å². The van der Waals surface area contributed by atoms with E-state index in [2.05, 4.69) is 10.6 Å². The first kappa shape index (κ1) is 38.3. The van der Waals surface area contributed by atoms with Crippen LogP contribution < -0.4 is 22.1 Å². The van der Waals surface area contributed by atoms with E-state index in [0.29, 0.717) is 0 Å². The average Bonchev–Trinajstić information content (AvgIpc) is 3.05. The maximum Gasteiger partial charge on any atom is 0.331 e. The zero-order chi connectivity index (χ0) is 35.7. The van der Waals surface area contributed by atoms with Gasteiger partial charge in [0.15, 0.2) is 6.04 Å². The van der Waals surface area contributed by atoms with Gasteiger partial charge in [-0.1, -0.05) is 91.0 Å². The molecule has 3 rings (SSSR count). The Balaban J connectivity index is 1.97. The lowest BCUT2D eigenvalue weighted by atomic mass is 9.84. The molecule has 0 spiro atoms. The highest BCUT2D eigenvalue weighted by Crippen LogP contribution is 2.53. The van der Waals surface area contributed by atoms with Crippen molar-refractivity contribution in [2.24, 2.45) is 11.5 Å². The van der Waals surface area contributed by atoms with E-state index in [1.807, 2.05) is 105 Å². The third-order valence-corrected chi connectivity index (χ3v) is 9.58. The van der Waals surface area contributed by atoms with E-state index in [1.54, 1.807) is 27.7 Å². The second-order valence-corrected chi connectivity index (χ2v) is 15.0. The van der Waals surface area contributed by atoms with Crippen LogP contribution in [0.5, 0.6) is 0 Å². The van der Waals surface area contributed by atoms with Crippen molar-refractivity contribution >= 4 is 35.5 Å². The van der Waals surface area contributed by atoms with Crippen LogP contribution in [0.25, 0.3) is 0 Å². The van der Waals surface area contributed by atoms with Crippen molar-refractivity contribution in [3.05, 3.63) is 108 Å². The number of rotatable bonds is 15. The van der Waals surface area contributed by atoms with Crippen molar-refractivity contribution in [3.8, 4) is 0 Å². The molecule has 6 N–H and O–H groups in total. The number of ether oxygens (including phenoxy) is 2. The monoisotopic (exact) mass is 676 g/mol. The topological polar surface area (TPSA) is 163 Å². The number of esters is 1. The van der Waals surface area contributed by atoms with Gasteiger partial charge in [-0.2, -0.15) is 0 Å². The maximum atomic E-state index is 13.9. The fourth-order valence-corrected chi connectivity index (χ4v) is 7.30. The Labute approximate surface area is 287 Å². The Hall–Kier alpha value is -4.19. The van der Waals surface area contributed by atoms with Crippen molar-refractivity contribution in [2.75, 3.05) is 7.11 Å². The highest BCUT2D eigenvalue weighted by Gasteiger charge is 2.46. The van der Waals surface area contributed by atoms with Crippen LogP contribution in [0.15, 0.2) is 91.0 Å². The number of methoxy groups -OCH3 is 1. The highest BCUT2D eigenvalue weighted by molar-refractivity contribution is 8.02. The minimum atomic E-state index is -1.42. The van der Waals surface area contributed by atoms with Crippen LogP contribution in [-0.4, -0.2) is 65.4 Å². The van der Waals surface area contributed by atoms with Crippen molar-refractivity contribution in [1.29, 1.82) is 0 Å². The average molecular weight is 677 g/mol. The number of nitrogens with one attached hydrogen (secondary N) is 2. The van der Waals surface area contributed by atoms with Gasteiger partial charge < -0.3 is 31.6 Å². The van der Waals surface area contributed by atoms with E-state index in [0.717, 1.165) is 16.7 Å². The summed E-state index contributed by atoms with van der Waals surface area (Å²) < 4.78 is 9.04. The number of hydrogen-bond acceptors (Lipinski definition) is 8. The standard InChI is InChI=1S/C37H48N4O6S/c1-24(47-35(2,3)4)30(34(45)46-7)41-32(43)28(23-29(38)42)40-33(44)31(39)36(5,6)48-37(25-17-11-8-12-18-25,26-19-13-9-14-20-26)27-21-15-10-16-22-27/h8-22,24,28,30-31H,23,39H2,1-7H3,(H2,38,42)(H,40,44)(H,41,43)/t24?,28-,30?,31?/m0/s1. The van der Waals surface area contributed by atoms with Gasteiger partial charge in [-0.3, -0.25) is 14.4 Å². The summed E-state index contributed by atoms with van der Waals surface area (Å²) in [5.41, 5.74) is 14.5. The molecule has 48 heavy (non-hydrogen) atoms. The fourth-order valence-electron chi connectivity index (χ4n) is 5.52. The van der Waals surface area contributed by atoms with Gasteiger partial charge in [0.2, 0.25) is 17.7 Å². The minimum absolute atomic E-state index is 0.526. The van der Waals surface area contributed by atoms with Gasteiger partial charge in [0.05, 0.1) is 36.0 Å². The molecule has 0 aromatic heterocycles. The summed E-state index contributed by atoms with van der Waals surface area (Å²) in [4.78, 5) is 52.1. The molecule has 0 saturated heterocycles. The molecular weight excluding hydrogens is 628 g/mol. The molecule has 0 fully saturated rings. The molecule has 0 aliphatic carbocycles. The summed E-state index contributed by atoms with van der Waals surface area (Å²) in [6.45, 7) is 10.8. The van der Waals surface area contributed by atoms with E-state index in [-0.39, 0.29) is 0 Å². The Bertz CT molecular complexity index is 1430. The van der Waals surface area contributed by atoms with Crippen molar-refractivity contribution in [2.45, 2.75) is 87.3 Å². The van der Waals surface area contributed by atoms with E-state index in [9.17, 15) is 19.2 Å². The first-order valence-electron chi connectivity index (χ1n) is 15.8. The zero-order valence-electron chi connectivity index (χ0n) is 28.7. The lowest BCUT2D eigenvalue weighted by Crippen LogP contribution is -2.60. The van der Waals surface area contributed by atoms with E-state index < -0.39 is 69.4 Å². The van der Waals surface area contributed by atoms with Crippen LogP contribution in [0, 0.1) is 0 Å². The zero-order valence-corrected chi connectivity index (χ0v) is 29.5. The third-order valence-electron chi connectivity index (χ3n) is 7.79. The molecule has 3 aromatic carbocycles. The number of hydrogen-bond donors (Lipinski definition) is 4. The lowest BCUT2D eigenvalue weighted by molar-refractivity contribution is -0.153. The summed E-state index contributed by atoms with van der Waals surface area (Å²) in [5.74, 6) is -3.07. The molecule has 0 aliphatic rings. The predicted octanol–water partition coefficient (Wildman–Crippen LogP) is 4.04. The number of benzene rings is 3. The fraction of sp³-hybridized carbons (Fsp3) is 0.405. The number of nitrogens with two attached hydrogens (primary N) is 2. The SMILES string of the molecule is COC(=O)C(NC(=O)[C@H](CC(N)=O)NC(=O)C(N)C(C)(C)SC(c1ccccc1)(c1ccccc1)c1ccccc1)C(C)OC(C)(C)C. The Morgan fingerprint density at radius 1 is 0.750 bits per heavy atom. The number of amides is 3. The molecule has 10 nitrogen and oxygen atoms in total. The van der Waals surface area contributed by atoms with Gasteiger partial charge >= 0.3 is 5.97 Å². The second-order valence-electron chi connectivity index (χ2n) is 13.1. The lowest BCUT2D eigenvalue weighted by Gasteiger charge is -2.43. The Morgan fingerprint density at radius 2 is 1.19 bits per heavy atom. The number of carbonyl (C=O) groups excluding carboxylic acids is 4. The Morgan fingerprint density at radius 3 is 1.56 bits per heavy atom. The smallest absolute Gasteiger partial charge is 0.331 e. The Kier molecular flexibility index (Phi) is 13.0. The summed E-state index contributed by atoms with van der Waals surface area (Å²) in [5, 5.41) is 5.20. The first-order valence-corrected chi connectivity index (χ1v) is 16.6. The molecular formula is C37H48N4O6S. The predicted molar refractivity (Wildman–Crippen MR) is 189 cm³/mol. The number of thioether (sulfide) groups is 1. The third kappa shape index (κ3) is 9.68. The quantitative estimate of drug-likeness (QED) is 0.139. The summed E-state index contributed by atoms with van der Waals surface area (Å²) in [6, 6.07) is 26.1. The maximum absolute atomic E-state index is 13.9. The van der Waals surface area contributed by atoms with Crippen LogP contribution in [0.2, 0.25) is 0 Å². The van der Waals surface area contributed by atoms with Gasteiger partial charge in [-0.05, 0) is 58.2 Å². The molecule has 0 heterocycles. The molecule has 4 atom stereocenters. The second kappa shape index (κ2) is 16.3.